The van der Waals surface area contributed by atoms with Crippen LogP contribution in [0.5, 0.6) is 0 Å². The molecule has 16 heavy (non-hydrogen) atoms. The van der Waals surface area contributed by atoms with E-state index in [0.717, 1.165) is 5.92 Å². The fourth-order valence-corrected chi connectivity index (χ4v) is 2.65. The van der Waals surface area contributed by atoms with Crippen LogP contribution in [-0.2, 0) is 0 Å². The van der Waals surface area contributed by atoms with Crippen molar-refractivity contribution in [2.45, 2.75) is 38.5 Å². The van der Waals surface area contributed by atoms with E-state index in [1.165, 1.54) is 50.9 Å². The van der Waals surface area contributed by atoms with Crippen molar-refractivity contribution in [2.24, 2.45) is 0 Å². The highest BCUT2D eigenvalue weighted by Crippen LogP contribution is 2.22. The van der Waals surface area contributed by atoms with Crippen LogP contribution in [0, 0.1) is 0 Å². The lowest BCUT2D eigenvalue weighted by Crippen LogP contribution is -2.33. The summed E-state index contributed by atoms with van der Waals surface area (Å²) in [6.07, 6.45) is 5.47. The van der Waals surface area contributed by atoms with Gasteiger partial charge in [0, 0.05) is 6.54 Å². The maximum atomic E-state index is 2.64. The van der Waals surface area contributed by atoms with Crippen LogP contribution in [0.15, 0.2) is 30.3 Å². The molecule has 1 atom stereocenters. The van der Waals surface area contributed by atoms with Gasteiger partial charge in [-0.25, -0.2) is 0 Å². The van der Waals surface area contributed by atoms with E-state index in [4.69, 9.17) is 0 Å². The number of hydrogen-bond donors (Lipinski definition) is 0. The number of hydrogen-bond acceptors (Lipinski definition) is 1. The number of rotatable bonds is 4. The molecule has 0 bridgehead atoms. The van der Waals surface area contributed by atoms with E-state index >= 15 is 0 Å². The van der Waals surface area contributed by atoms with Crippen LogP contribution in [-0.4, -0.2) is 24.5 Å². The number of piperidine rings is 1. The smallest absolute Gasteiger partial charge is 0.00502 e. The van der Waals surface area contributed by atoms with Crippen molar-refractivity contribution in [1.29, 1.82) is 0 Å². The predicted molar refractivity (Wildman–Crippen MR) is 69.8 cm³/mol. The average molecular weight is 217 g/mol. The van der Waals surface area contributed by atoms with Gasteiger partial charge >= 0.3 is 0 Å². The molecule has 2 rings (SSSR count). The van der Waals surface area contributed by atoms with Gasteiger partial charge in [0.15, 0.2) is 0 Å². The second-order valence-electron chi connectivity index (χ2n) is 4.88. The van der Waals surface area contributed by atoms with E-state index in [-0.39, 0.29) is 0 Å². The van der Waals surface area contributed by atoms with Gasteiger partial charge in [-0.1, -0.05) is 43.7 Å². The lowest BCUT2D eigenvalue weighted by atomic mass is 9.95. The second kappa shape index (κ2) is 6.05. The Labute approximate surface area is 99.5 Å². The summed E-state index contributed by atoms with van der Waals surface area (Å²) >= 11 is 0. The van der Waals surface area contributed by atoms with Gasteiger partial charge in [-0.3, -0.25) is 0 Å². The van der Waals surface area contributed by atoms with Crippen molar-refractivity contribution in [3.8, 4) is 0 Å². The summed E-state index contributed by atoms with van der Waals surface area (Å²) in [7, 11) is 0. The molecule has 88 valence electrons. The molecule has 0 saturated carbocycles. The van der Waals surface area contributed by atoms with Gasteiger partial charge < -0.3 is 4.90 Å². The van der Waals surface area contributed by atoms with Crippen molar-refractivity contribution in [3.63, 3.8) is 0 Å². The summed E-state index contributed by atoms with van der Waals surface area (Å²) in [4.78, 5) is 2.64. The van der Waals surface area contributed by atoms with Crippen molar-refractivity contribution in [3.05, 3.63) is 35.9 Å². The Morgan fingerprint density at radius 3 is 2.38 bits per heavy atom. The molecular formula is C15H23N. The number of benzene rings is 1. The van der Waals surface area contributed by atoms with Gasteiger partial charge in [0.1, 0.15) is 0 Å². The Hall–Kier alpha value is -0.820. The van der Waals surface area contributed by atoms with Gasteiger partial charge in [0.2, 0.25) is 0 Å². The molecule has 1 unspecified atom stereocenters. The summed E-state index contributed by atoms with van der Waals surface area (Å²) in [6.45, 7) is 6.18. The molecule has 1 fully saturated rings. The van der Waals surface area contributed by atoms with Gasteiger partial charge in [-0.05, 0) is 43.8 Å². The van der Waals surface area contributed by atoms with Crippen molar-refractivity contribution in [1.82, 2.24) is 4.90 Å². The Balaban J connectivity index is 1.94. The van der Waals surface area contributed by atoms with Crippen LogP contribution in [0.4, 0.5) is 0 Å². The summed E-state index contributed by atoms with van der Waals surface area (Å²) < 4.78 is 0. The average Bonchev–Trinajstić information content (AvgIpc) is 2.38. The highest BCUT2D eigenvalue weighted by Gasteiger charge is 2.16. The third-order valence-electron chi connectivity index (χ3n) is 3.69. The van der Waals surface area contributed by atoms with Crippen molar-refractivity contribution >= 4 is 0 Å². The molecule has 0 radical (unpaired) electrons. The zero-order valence-electron chi connectivity index (χ0n) is 10.4. The molecular weight excluding hydrogens is 194 g/mol. The predicted octanol–water partition coefficient (Wildman–Crippen LogP) is 3.67. The fourth-order valence-electron chi connectivity index (χ4n) is 2.65. The number of nitrogens with zero attached hydrogens (tertiary/aromatic N) is 1. The molecule has 0 spiro atoms. The molecule has 1 aromatic carbocycles. The monoisotopic (exact) mass is 217 g/mol. The molecule has 1 heteroatoms. The van der Waals surface area contributed by atoms with E-state index in [0.29, 0.717) is 0 Å². The standard InChI is InChI=1S/C15H23N/c1-2-14(15-9-5-3-6-10-15)13-16-11-7-4-8-12-16/h3,5-6,9-10,14H,2,4,7-8,11-13H2,1H3. The Morgan fingerprint density at radius 2 is 1.75 bits per heavy atom. The normalized spacial score (nSPS) is 19.6. The largest absolute Gasteiger partial charge is 0.303 e. The van der Waals surface area contributed by atoms with Crippen LogP contribution in [0.3, 0.4) is 0 Å². The van der Waals surface area contributed by atoms with Crippen LogP contribution in [0.2, 0.25) is 0 Å². The molecule has 1 heterocycles. The van der Waals surface area contributed by atoms with E-state index in [9.17, 15) is 0 Å². The third kappa shape index (κ3) is 3.08. The lowest BCUT2D eigenvalue weighted by molar-refractivity contribution is 0.214. The van der Waals surface area contributed by atoms with Gasteiger partial charge in [0.05, 0.1) is 0 Å². The van der Waals surface area contributed by atoms with E-state index in [1.54, 1.807) is 0 Å². The molecule has 1 aromatic rings. The topological polar surface area (TPSA) is 3.24 Å². The zero-order chi connectivity index (χ0) is 11.2. The van der Waals surface area contributed by atoms with Gasteiger partial charge in [-0.2, -0.15) is 0 Å². The van der Waals surface area contributed by atoms with E-state index < -0.39 is 0 Å². The first kappa shape index (κ1) is 11.7. The third-order valence-corrected chi connectivity index (χ3v) is 3.69. The molecule has 1 aliphatic rings. The van der Waals surface area contributed by atoms with Crippen molar-refractivity contribution in [2.75, 3.05) is 19.6 Å². The Morgan fingerprint density at radius 1 is 1.06 bits per heavy atom. The minimum Gasteiger partial charge on any atom is -0.303 e. The quantitative estimate of drug-likeness (QED) is 0.744. The highest BCUT2D eigenvalue weighted by atomic mass is 15.1. The molecule has 1 nitrogen and oxygen atoms in total. The van der Waals surface area contributed by atoms with Crippen LogP contribution >= 0.6 is 0 Å². The first-order valence-electron chi connectivity index (χ1n) is 6.67. The molecule has 0 N–H and O–H groups in total. The van der Waals surface area contributed by atoms with Crippen molar-refractivity contribution < 1.29 is 0 Å². The van der Waals surface area contributed by atoms with Crippen LogP contribution in [0.25, 0.3) is 0 Å². The fraction of sp³-hybridized carbons (Fsp3) is 0.600. The minimum absolute atomic E-state index is 0.722. The Bertz CT molecular complexity index is 288. The van der Waals surface area contributed by atoms with Crippen LogP contribution < -0.4 is 0 Å². The Kier molecular flexibility index (Phi) is 4.41. The molecule has 0 aromatic heterocycles. The summed E-state index contributed by atoms with van der Waals surface area (Å²) in [5.74, 6) is 0.722. The highest BCUT2D eigenvalue weighted by molar-refractivity contribution is 5.19. The minimum atomic E-state index is 0.722. The van der Waals surface area contributed by atoms with E-state index in [1.807, 2.05) is 0 Å². The summed E-state index contributed by atoms with van der Waals surface area (Å²) in [6, 6.07) is 11.0. The first-order valence-corrected chi connectivity index (χ1v) is 6.67. The van der Waals surface area contributed by atoms with E-state index in [2.05, 4.69) is 42.2 Å². The lowest BCUT2D eigenvalue weighted by Gasteiger charge is -2.30. The maximum Gasteiger partial charge on any atom is 0.00502 e. The molecule has 1 aliphatic heterocycles. The SMILES string of the molecule is CCC(CN1CCCCC1)c1ccccc1. The molecule has 1 saturated heterocycles. The second-order valence-corrected chi connectivity index (χ2v) is 4.88. The molecule has 0 aliphatic carbocycles. The first-order chi connectivity index (χ1) is 7.90. The summed E-state index contributed by atoms with van der Waals surface area (Å²) in [5, 5.41) is 0. The summed E-state index contributed by atoms with van der Waals surface area (Å²) in [5.41, 5.74) is 1.51. The van der Waals surface area contributed by atoms with Crippen LogP contribution in [0.1, 0.15) is 44.1 Å². The zero-order valence-corrected chi connectivity index (χ0v) is 10.4. The van der Waals surface area contributed by atoms with Gasteiger partial charge in [0.25, 0.3) is 0 Å². The van der Waals surface area contributed by atoms with Gasteiger partial charge in [-0.15, -0.1) is 0 Å². The maximum absolute atomic E-state index is 2.64. The number of likely N-dealkylation sites (tertiary alicyclic amines) is 1. The molecule has 0 amide bonds.